The van der Waals surface area contributed by atoms with Crippen molar-refractivity contribution in [2.75, 3.05) is 13.2 Å². The van der Waals surface area contributed by atoms with Crippen molar-refractivity contribution in [1.82, 2.24) is 9.55 Å². The summed E-state index contributed by atoms with van der Waals surface area (Å²) >= 11 is 2.30. The van der Waals surface area contributed by atoms with Gasteiger partial charge in [0.2, 0.25) is 5.57 Å². The molecule has 0 spiro atoms. The minimum Gasteiger partial charge on any atom is -0.303 e. The highest BCUT2D eigenvalue weighted by Gasteiger charge is 2.34. The SMILES string of the molecule is CCOP(=O)(OCC)c1nc2ccc(C)cc2c(=NC(C)(C)C)n1-c1ccc(C)cc1I. The van der Waals surface area contributed by atoms with E-state index in [9.17, 15) is 4.57 Å². The first-order valence-corrected chi connectivity index (χ1v) is 13.4. The molecule has 32 heavy (non-hydrogen) atoms. The van der Waals surface area contributed by atoms with Crippen molar-refractivity contribution < 1.29 is 13.6 Å². The van der Waals surface area contributed by atoms with Crippen molar-refractivity contribution in [3.63, 3.8) is 0 Å². The van der Waals surface area contributed by atoms with Crippen LogP contribution < -0.4 is 11.1 Å². The molecule has 6 nitrogen and oxygen atoms in total. The smallest absolute Gasteiger partial charge is 0.303 e. The van der Waals surface area contributed by atoms with Crippen molar-refractivity contribution in [2.45, 2.75) is 54.0 Å². The molecular formula is C24H31IN3O3P. The molecule has 0 aliphatic rings. The molecule has 1 aromatic heterocycles. The Morgan fingerprint density at radius 2 is 1.62 bits per heavy atom. The first-order valence-electron chi connectivity index (χ1n) is 10.7. The zero-order valence-corrected chi connectivity index (χ0v) is 22.8. The van der Waals surface area contributed by atoms with Crippen LogP contribution >= 0.6 is 30.2 Å². The summed E-state index contributed by atoms with van der Waals surface area (Å²) in [5.41, 5.74) is 4.31. The molecule has 8 heteroatoms. The van der Waals surface area contributed by atoms with Gasteiger partial charge >= 0.3 is 7.60 Å². The van der Waals surface area contributed by atoms with Gasteiger partial charge in [-0.2, -0.15) is 0 Å². The normalized spacial score (nSPS) is 13.2. The highest BCUT2D eigenvalue weighted by molar-refractivity contribution is 14.1. The fourth-order valence-electron chi connectivity index (χ4n) is 3.42. The third-order valence-corrected chi connectivity index (χ3v) is 7.50. The molecule has 0 aliphatic heterocycles. The van der Waals surface area contributed by atoms with Crippen LogP contribution in [-0.4, -0.2) is 28.3 Å². The predicted molar refractivity (Wildman–Crippen MR) is 139 cm³/mol. The Morgan fingerprint density at radius 1 is 1.03 bits per heavy atom. The fraction of sp³-hybridized carbons (Fsp3) is 0.417. The summed E-state index contributed by atoms with van der Waals surface area (Å²) in [6, 6.07) is 12.1. The third kappa shape index (κ3) is 5.33. The Morgan fingerprint density at radius 3 is 2.19 bits per heavy atom. The van der Waals surface area contributed by atoms with E-state index in [1.165, 1.54) is 0 Å². The first-order chi connectivity index (χ1) is 15.0. The number of aryl methyl sites for hydroxylation is 2. The number of benzene rings is 2. The summed E-state index contributed by atoms with van der Waals surface area (Å²) in [5.74, 6) is 0. The number of hydrogen-bond donors (Lipinski definition) is 0. The maximum atomic E-state index is 14.0. The van der Waals surface area contributed by atoms with Gasteiger partial charge in [-0.15, -0.1) is 0 Å². The lowest BCUT2D eigenvalue weighted by molar-refractivity contribution is 0.228. The summed E-state index contributed by atoms with van der Waals surface area (Å²) in [4.78, 5) is 9.93. The van der Waals surface area contributed by atoms with Crippen LogP contribution in [0, 0.1) is 17.4 Å². The molecule has 0 bridgehead atoms. The summed E-state index contributed by atoms with van der Waals surface area (Å²) in [7, 11) is -3.73. The largest absolute Gasteiger partial charge is 0.397 e. The molecule has 0 aliphatic carbocycles. The van der Waals surface area contributed by atoms with Crippen LogP contribution in [0.25, 0.3) is 16.6 Å². The fourth-order valence-corrected chi connectivity index (χ4v) is 5.99. The highest BCUT2D eigenvalue weighted by atomic mass is 127. The van der Waals surface area contributed by atoms with Crippen molar-refractivity contribution >= 4 is 46.7 Å². The number of nitrogens with zero attached hydrogens (tertiary/aromatic N) is 3. The Bertz CT molecular complexity index is 1250. The van der Waals surface area contributed by atoms with E-state index < -0.39 is 7.60 Å². The van der Waals surface area contributed by atoms with Crippen molar-refractivity contribution in [2.24, 2.45) is 4.99 Å². The lowest BCUT2D eigenvalue weighted by Gasteiger charge is -2.24. The summed E-state index contributed by atoms with van der Waals surface area (Å²) < 4.78 is 28.4. The number of hydrogen-bond acceptors (Lipinski definition) is 5. The van der Waals surface area contributed by atoms with E-state index in [1.807, 2.05) is 63.5 Å². The Balaban J connectivity index is 2.63. The zero-order valence-electron chi connectivity index (χ0n) is 19.8. The van der Waals surface area contributed by atoms with Crippen molar-refractivity contribution in [3.8, 4) is 5.69 Å². The molecular weight excluding hydrogens is 536 g/mol. The van der Waals surface area contributed by atoms with E-state index in [0.717, 1.165) is 25.8 Å². The quantitative estimate of drug-likeness (QED) is 0.278. The molecule has 172 valence electrons. The molecule has 0 saturated heterocycles. The van der Waals surface area contributed by atoms with Crippen LogP contribution in [0.3, 0.4) is 0 Å². The predicted octanol–water partition coefficient (Wildman–Crippen LogP) is 5.84. The van der Waals surface area contributed by atoms with Crippen LogP contribution in [-0.2, 0) is 13.6 Å². The van der Waals surface area contributed by atoms with Gasteiger partial charge in [-0.1, -0.05) is 17.7 Å². The molecule has 0 radical (unpaired) electrons. The summed E-state index contributed by atoms with van der Waals surface area (Å²) in [5, 5.41) is 0.889. The third-order valence-electron chi connectivity index (χ3n) is 4.65. The van der Waals surface area contributed by atoms with E-state index in [2.05, 4.69) is 34.7 Å². The van der Waals surface area contributed by atoms with Crippen LogP contribution in [0.5, 0.6) is 0 Å². The molecule has 0 N–H and O–H groups in total. The van der Waals surface area contributed by atoms with E-state index in [1.54, 1.807) is 13.8 Å². The molecule has 2 aromatic carbocycles. The molecule has 0 saturated carbocycles. The van der Waals surface area contributed by atoms with Gasteiger partial charge < -0.3 is 9.05 Å². The minimum absolute atomic E-state index is 0.238. The first kappa shape index (κ1) is 25.1. The second-order valence-corrected chi connectivity index (χ2v) is 11.7. The van der Waals surface area contributed by atoms with Gasteiger partial charge in [0, 0.05) is 8.96 Å². The average Bonchev–Trinajstić information content (AvgIpc) is 2.68. The van der Waals surface area contributed by atoms with Gasteiger partial charge in [0.1, 0.15) is 5.49 Å². The monoisotopic (exact) mass is 567 g/mol. The Labute approximate surface area is 203 Å². The standard InChI is InChI=1S/C24H31IN3O3P/c1-8-30-32(29,31-9-2)23-26-20-12-10-16(3)14-18(20)22(27-24(5,6)7)28(23)21-13-11-17(4)15-19(21)25/h10-15H,8-9H2,1-7H3. The molecule has 0 fully saturated rings. The van der Waals surface area contributed by atoms with E-state index >= 15 is 0 Å². The molecule has 3 aromatic rings. The number of halogens is 1. The van der Waals surface area contributed by atoms with E-state index in [4.69, 9.17) is 19.0 Å². The van der Waals surface area contributed by atoms with Gasteiger partial charge in [0.15, 0.2) is 0 Å². The van der Waals surface area contributed by atoms with E-state index in [-0.39, 0.29) is 24.3 Å². The molecule has 0 atom stereocenters. The lowest BCUT2D eigenvalue weighted by Crippen LogP contribution is -2.38. The van der Waals surface area contributed by atoms with Gasteiger partial charge in [0.25, 0.3) is 0 Å². The summed E-state index contributed by atoms with van der Waals surface area (Å²) in [6.07, 6.45) is 0. The second-order valence-electron chi connectivity index (χ2n) is 8.66. The molecule has 1 heterocycles. The van der Waals surface area contributed by atoms with Crippen LogP contribution in [0.15, 0.2) is 41.4 Å². The minimum atomic E-state index is -3.73. The van der Waals surface area contributed by atoms with Gasteiger partial charge in [-0.3, -0.25) is 14.1 Å². The highest BCUT2D eigenvalue weighted by Crippen LogP contribution is 2.46. The maximum absolute atomic E-state index is 14.0. The maximum Gasteiger partial charge on any atom is 0.397 e. The molecule has 0 unspecified atom stereocenters. The van der Waals surface area contributed by atoms with Crippen LogP contribution in [0.2, 0.25) is 0 Å². The van der Waals surface area contributed by atoms with Gasteiger partial charge in [-0.05, 0) is 101 Å². The Kier molecular flexibility index (Phi) is 7.65. The topological polar surface area (TPSA) is 65.7 Å². The molecule has 0 amide bonds. The second kappa shape index (κ2) is 9.75. The number of aromatic nitrogens is 2. The zero-order chi connectivity index (χ0) is 23.7. The molecule has 3 rings (SSSR count). The van der Waals surface area contributed by atoms with Crippen molar-refractivity contribution in [1.29, 1.82) is 0 Å². The van der Waals surface area contributed by atoms with E-state index in [0.29, 0.717) is 11.0 Å². The lowest BCUT2D eigenvalue weighted by atomic mass is 10.1. The van der Waals surface area contributed by atoms with Gasteiger partial charge in [-0.25, -0.2) is 4.98 Å². The van der Waals surface area contributed by atoms with Crippen molar-refractivity contribution in [3.05, 3.63) is 56.6 Å². The van der Waals surface area contributed by atoms with Crippen LogP contribution in [0.4, 0.5) is 0 Å². The number of fused-ring (bicyclic) bond motifs is 1. The number of rotatable bonds is 6. The van der Waals surface area contributed by atoms with Crippen LogP contribution in [0.1, 0.15) is 45.7 Å². The van der Waals surface area contributed by atoms with Gasteiger partial charge in [0.05, 0.1) is 30.0 Å². The Hall–Kier alpha value is -1.54. The average molecular weight is 567 g/mol. The summed E-state index contributed by atoms with van der Waals surface area (Å²) in [6.45, 7) is 14.3.